The average molecular weight is 511 g/mol. The lowest BCUT2D eigenvalue weighted by molar-refractivity contribution is 0.0755. The summed E-state index contributed by atoms with van der Waals surface area (Å²) >= 11 is 0. The summed E-state index contributed by atoms with van der Waals surface area (Å²) in [5.41, 5.74) is 11.2. The van der Waals surface area contributed by atoms with E-state index in [1.54, 1.807) is 0 Å². The number of hydrogen-bond acceptors (Lipinski definition) is 4. The zero-order chi connectivity index (χ0) is 25.4. The van der Waals surface area contributed by atoms with E-state index < -0.39 is 10.0 Å². The van der Waals surface area contributed by atoms with Crippen LogP contribution in [0.2, 0.25) is 0 Å². The van der Waals surface area contributed by atoms with E-state index in [4.69, 9.17) is 5.73 Å². The normalized spacial score (nSPS) is 20.4. The van der Waals surface area contributed by atoms with Gasteiger partial charge >= 0.3 is 0 Å². The van der Waals surface area contributed by atoms with Crippen molar-refractivity contribution in [2.24, 2.45) is 0 Å². The Labute approximate surface area is 214 Å². The van der Waals surface area contributed by atoms with Gasteiger partial charge < -0.3 is 15.2 Å². The SMILES string of the molecule is CCCN(CCC)C(=O)c1ccc2c(N)c(C3=CCC(NS(=O)(=O)C4CC4)C=C3)n(C3CCC3)c2c1. The topological polar surface area (TPSA) is 97.4 Å². The third kappa shape index (κ3) is 4.73. The lowest BCUT2D eigenvalue weighted by Gasteiger charge is -2.31. The molecule has 2 aromatic rings. The molecule has 36 heavy (non-hydrogen) atoms. The molecule has 8 heteroatoms. The molecule has 1 unspecified atom stereocenters. The first-order chi connectivity index (χ1) is 17.3. The molecule has 2 fully saturated rings. The van der Waals surface area contributed by atoms with Crippen molar-refractivity contribution in [3.8, 4) is 0 Å². The number of benzene rings is 1. The summed E-state index contributed by atoms with van der Waals surface area (Å²) in [6.07, 6.45) is 13.4. The summed E-state index contributed by atoms with van der Waals surface area (Å²) < 4.78 is 29.9. The first-order valence-electron chi connectivity index (χ1n) is 13.5. The van der Waals surface area contributed by atoms with E-state index in [0.29, 0.717) is 18.0 Å². The van der Waals surface area contributed by atoms with Crippen LogP contribution >= 0.6 is 0 Å². The Kier molecular flexibility index (Phi) is 7.01. The van der Waals surface area contributed by atoms with Crippen LogP contribution < -0.4 is 10.5 Å². The Morgan fingerprint density at radius 2 is 1.86 bits per heavy atom. The number of hydrogen-bond donors (Lipinski definition) is 2. The standard InChI is InChI=1S/C28H38N4O3S/c1-3-16-31(17-4-2)28(33)20-10-15-24-25(18-20)32(22-6-5-7-22)27(26(24)29)19-8-11-21(12-9-19)30-36(34,35)23-13-14-23/h8-11,15,18,21-23,30H,3-7,12-14,16-17,29H2,1-2H3. The molecule has 1 aromatic carbocycles. The summed E-state index contributed by atoms with van der Waals surface area (Å²) in [5.74, 6) is 0.0737. The maximum Gasteiger partial charge on any atom is 0.253 e. The van der Waals surface area contributed by atoms with E-state index in [9.17, 15) is 13.2 Å². The summed E-state index contributed by atoms with van der Waals surface area (Å²) in [5, 5.41) is 0.743. The lowest BCUT2D eigenvalue weighted by atomic mass is 9.91. The van der Waals surface area contributed by atoms with Gasteiger partial charge in [0.25, 0.3) is 5.91 Å². The van der Waals surface area contributed by atoms with Gasteiger partial charge in [-0.3, -0.25) is 4.79 Å². The molecule has 7 nitrogen and oxygen atoms in total. The number of nitrogens with two attached hydrogens (primary N) is 1. The number of amides is 1. The molecular formula is C28H38N4O3S. The van der Waals surface area contributed by atoms with Crippen LogP contribution in [-0.2, 0) is 10.0 Å². The highest BCUT2D eigenvalue weighted by Crippen LogP contribution is 2.43. The number of nitrogens with zero attached hydrogens (tertiary/aromatic N) is 2. The minimum atomic E-state index is -3.24. The second-order valence-electron chi connectivity index (χ2n) is 10.5. The van der Waals surface area contributed by atoms with Crippen molar-refractivity contribution >= 4 is 38.1 Å². The molecule has 1 heterocycles. The van der Waals surface area contributed by atoms with Crippen LogP contribution in [0.3, 0.4) is 0 Å². The highest BCUT2D eigenvalue weighted by Gasteiger charge is 2.37. The molecule has 1 amide bonds. The number of rotatable bonds is 10. The molecule has 3 aliphatic rings. The maximum absolute atomic E-state index is 13.3. The van der Waals surface area contributed by atoms with Gasteiger partial charge in [0.15, 0.2) is 0 Å². The first kappa shape index (κ1) is 25.1. The van der Waals surface area contributed by atoms with Crippen molar-refractivity contribution in [2.75, 3.05) is 18.8 Å². The predicted molar refractivity (Wildman–Crippen MR) is 146 cm³/mol. The van der Waals surface area contributed by atoms with E-state index >= 15 is 0 Å². The summed E-state index contributed by atoms with van der Waals surface area (Å²) in [4.78, 5) is 15.3. The molecule has 0 saturated heterocycles. The van der Waals surface area contributed by atoms with Gasteiger partial charge in [0, 0.05) is 36.1 Å². The zero-order valence-electron chi connectivity index (χ0n) is 21.4. The molecule has 1 aromatic heterocycles. The van der Waals surface area contributed by atoms with Gasteiger partial charge in [0.1, 0.15) is 0 Å². The largest absolute Gasteiger partial charge is 0.396 e. The summed E-state index contributed by atoms with van der Waals surface area (Å²) in [7, 11) is -3.24. The van der Waals surface area contributed by atoms with Gasteiger partial charge in [0.2, 0.25) is 10.0 Å². The van der Waals surface area contributed by atoms with Gasteiger partial charge in [-0.2, -0.15) is 0 Å². The van der Waals surface area contributed by atoms with Crippen LogP contribution in [-0.4, -0.2) is 48.2 Å². The number of allylic oxidation sites excluding steroid dienone is 2. The monoisotopic (exact) mass is 510 g/mol. The Morgan fingerprint density at radius 1 is 1.14 bits per heavy atom. The van der Waals surface area contributed by atoms with E-state index in [2.05, 4.69) is 29.2 Å². The maximum atomic E-state index is 13.3. The van der Waals surface area contributed by atoms with Crippen LogP contribution in [0.1, 0.15) is 87.3 Å². The number of carbonyl (C=O) groups is 1. The smallest absolute Gasteiger partial charge is 0.253 e. The minimum absolute atomic E-state index is 0.0737. The molecule has 3 N–H and O–H groups in total. The highest BCUT2D eigenvalue weighted by molar-refractivity contribution is 7.90. The van der Waals surface area contributed by atoms with E-state index in [-0.39, 0.29) is 17.2 Å². The van der Waals surface area contributed by atoms with Gasteiger partial charge in [0.05, 0.1) is 22.1 Å². The number of nitrogens with one attached hydrogen (secondary N) is 1. The Morgan fingerprint density at radius 3 is 2.42 bits per heavy atom. The van der Waals surface area contributed by atoms with Crippen LogP contribution in [0, 0.1) is 0 Å². The van der Waals surface area contributed by atoms with Crippen molar-refractivity contribution in [3.05, 3.63) is 47.7 Å². The van der Waals surface area contributed by atoms with Crippen molar-refractivity contribution in [1.29, 1.82) is 0 Å². The van der Waals surface area contributed by atoms with Crippen LogP contribution in [0.25, 0.3) is 16.5 Å². The lowest BCUT2D eigenvalue weighted by Crippen LogP contribution is -2.36. The number of nitrogen functional groups attached to an aromatic ring is 1. The number of anilines is 1. The van der Waals surface area contributed by atoms with Crippen molar-refractivity contribution in [1.82, 2.24) is 14.2 Å². The fourth-order valence-electron chi connectivity index (χ4n) is 5.39. The second kappa shape index (κ2) is 10.1. The summed E-state index contributed by atoms with van der Waals surface area (Å²) in [6, 6.07) is 6.05. The average Bonchev–Trinajstić information content (AvgIpc) is 3.65. The molecular weight excluding hydrogens is 472 g/mol. The molecule has 0 radical (unpaired) electrons. The Hall–Kier alpha value is -2.58. The number of sulfonamides is 1. The molecule has 1 atom stereocenters. The van der Waals surface area contributed by atoms with Gasteiger partial charge in [-0.25, -0.2) is 13.1 Å². The number of carbonyl (C=O) groups excluding carboxylic acids is 1. The molecule has 5 rings (SSSR count). The third-order valence-corrected chi connectivity index (χ3v) is 9.64. The molecule has 194 valence electrons. The first-order valence-corrected chi connectivity index (χ1v) is 15.0. The van der Waals surface area contributed by atoms with Gasteiger partial charge in [-0.15, -0.1) is 0 Å². The Bertz CT molecular complexity index is 1310. The highest BCUT2D eigenvalue weighted by atomic mass is 32.2. The predicted octanol–water partition coefficient (Wildman–Crippen LogP) is 5.00. The fraction of sp³-hybridized carbons (Fsp3) is 0.536. The molecule has 0 bridgehead atoms. The molecule has 0 aliphatic heterocycles. The van der Waals surface area contributed by atoms with Gasteiger partial charge in [-0.05, 0) is 75.1 Å². The molecule has 0 spiro atoms. The van der Waals surface area contributed by atoms with Crippen molar-refractivity contribution in [3.63, 3.8) is 0 Å². The van der Waals surface area contributed by atoms with Crippen molar-refractivity contribution < 1.29 is 13.2 Å². The van der Waals surface area contributed by atoms with Crippen molar-refractivity contribution in [2.45, 2.75) is 82.5 Å². The number of fused-ring (bicyclic) bond motifs is 1. The van der Waals surface area contributed by atoms with Crippen LogP contribution in [0.4, 0.5) is 5.69 Å². The fourth-order valence-corrected chi connectivity index (χ4v) is 6.94. The van der Waals surface area contributed by atoms with Crippen LogP contribution in [0.15, 0.2) is 36.4 Å². The zero-order valence-corrected chi connectivity index (χ0v) is 22.2. The van der Waals surface area contributed by atoms with Gasteiger partial charge in [-0.1, -0.05) is 32.1 Å². The van der Waals surface area contributed by atoms with E-state index in [0.717, 1.165) is 79.5 Å². The summed E-state index contributed by atoms with van der Waals surface area (Å²) in [6.45, 7) is 5.71. The number of aromatic nitrogens is 1. The molecule has 2 saturated carbocycles. The molecule has 3 aliphatic carbocycles. The quantitative estimate of drug-likeness (QED) is 0.470. The van der Waals surface area contributed by atoms with Crippen LogP contribution in [0.5, 0.6) is 0 Å². The Balaban J connectivity index is 1.48. The second-order valence-corrected chi connectivity index (χ2v) is 12.5. The minimum Gasteiger partial charge on any atom is -0.396 e. The van der Waals surface area contributed by atoms with E-state index in [1.807, 2.05) is 35.3 Å². The van der Waals surface area contributed by atoms with E-state index in [1.165, 1.54) is 6.42 Å². The third-order valence-electron chi connectivity index (χ3n) is 7.66.